The van der Waals surface area contributed by atoms with Crippen LogP contribution in [0.3, 0.4) is 0 Å². The lowest BCUT2D eigenvalue weighted by molar-refractivity contribution is 0.669. The molecule has 2 nitrogen and oxygen atoms in total. The molecule has 0 N–H and O–H groups in total. The van der Waals surface area contributed by atoms with Crippen LogP contribution in [0.25, 0.3) is 65.0 Å². The van der Waals surface area contributed by atoms with Crippen LogP contribution >= 0.6 is 0 Å². The fraction of sp³-hybridized carbons (Fsp3) is 0. The molecule has 196 valence electrons. The molecule has 0 amide bonds. The molecule has 1 aromatic heterocycles. The molecule has 0 aliphatic rings. The van der Waals surface area contributed by atoms with E-state index >= 15 is 0 Å². The third kappa shape index (κ3) is 3.39. The van der Waals surface area contributed by atoms with Gasteiger partial charge in [0.15, 0.2) is 0 Å². The Morgan fingerprint density at radius 3 is 1.88 bits per heavy atom. The second-order valence-electron chi connectivity index (χ2n) is 10.9. The Morgan fingerprint density at radius 2 is 1.00 bits per heavy atom. The van der Waals surface area contributed by atoms with Crippen LogP contribution in [-0.4, -0.2) is 0 Å². The molecule has 8 aromatic carbocycles. The van der Waals surface area contributed by atoms with Gasteiger partial charge in [0.25, 0.3) is 0 Å². The number of para-hydroxylation sites is 2. The molecule has 0 saturated carbocycles. The largest absolute Gasteiger partial charge is 0.456 e. The van der Waals surface area contributed by atoms with Gasteiger partial charge >= 0.3 is 0 Å². The summed E-state index contributed by atoms with van der Waals surface area (Å²) < 4.78 is 6.34. The summed E-state index contributed by atoms with van der Waals surface area (Å²) in [5.41, 5.74) is 5.09. The standard InChI is InChI=1S/C40H25NO/c1-2-12-28(13-3-1)41(29-19-21-34-33-16-8-9-17-38(33)42-39(34)25-29)37-24-27-11-5-7-15-31(27)40-35-20-18-26-10-4-6-14-30(26)32(35)22-23-36(37)40/h1-25H. The van der Waals surface area contributed by atoms with Crippen LogP contribution < -0.4 is 4.90 Å². The maximum absolute atomic E-state index is 6.34. The summed E-state index contributed by atoms with van der Waals surface area (Å²) in [5, 5.41) is 12.3. The molecule has 0 aliphatic carbocycles. The van der Waals surface area contributed by atoms with Crippen molar-refractivity contribution < 1.29 is 4.42 Å². The van der Waals surface area contributed by atoms with Gasteiger partial charge in [-0.05, 0) is 74.1 Å². The molecule has 0 aliphatic heterocycles. The molecule has 0 fully saturated rings. The van der Waals surface area contributed by atoms with E-state index < -0.39 is 0 Å². The Labute approximate surface area is 242 Å². The highest BCUT2D eigenvalue weighted by Gasteiger charge is 2.20. The van der Waals surface area contributed by atoms with E-state index in [9.17, 15) is 0 Å². The molecule has 0 bridgehead atoms. The van der Waals surface area contributed by atoms with E-state index in [1.54, 1.807) is 0 Å². The number of benzene rings is 8. The van der Waals surface area contributed by atoms with Crippen molar-refractivity contribution in [2.75, 3.05) is 4.90 Å². The minimum atomic E-state index is 0.886. The highest BCUT2D eigenvalue weighted by Crippen LogP contribution is 2.45. The third-order valence-corrected chi connectivity index (χ3v) is 8.60. The first-order valence-corrected chi connectivity index (χ1v) is 14.4. The molecule has 0 unspecified atom stereocenters. The van der Waals surface area contributed by atoms with Crippen molar-refractivity contribution >= 4 is 82.1 Å². The summed E-state index contributed by atoms with van der Waals surface area (Å²) in [5.74, 6) is 0. The smallest absolute Gasteiger partial charge is 0.137 e. The Kier molecular flexibility index (Phi) is 4.93. The molecule has 2 heteroatoms. The lowest BCUT2D eigenvalue weighted by Crippen LogP contribution is -2.10. The van der Waals surface area contributed by atoms with Crippen LogP contribution in [0.5, 0.6) is 0 Å². The Balaban J connectivity index is 1.39. The van der Waals surface area contributed by atoms with Crippen molar-refractivity contribution in [1.82, 2.24) is 0 Å². The minimum Gasteiger partial charge on any atom is -0.456 e. The van der Waals surface area contributed by atoms with Gasteiger partial charge in [0, 0.05) is 33.6 Å². The molecule has 0 spiro atoms. The SMILES string of the molecule is c1ccc(N(c2ccc3c(c2)oc2ccccc23)c2cc3ccccc3c3c2ccc2c4ccccc4ccc23)cc1. The quantitative estimate of drug-likeness (QED) is 0.209. The van der Waals surface area contributed by atoms with Crippen molar-refractivity contribution in [3.8, 4) is 0 Å². The van der Waals surface area contributed by atoms with Crippen LogP contribution in [0.1, 0.15) is 0 Å². The number of fused-ring (bicyclic) bond motifs is 10. The van der Waals surface area contributed by atoms with Gasteiger partial charge in [-0.15, -0.1) is 0 Å². The van der Waals surface area contributed by atoms with Crippen molar-refractivity contribution in [1.29, 1.82) is 0 Å². The van der Waals surface area contributed by atoms with Crippen molar-refractivity contribution in [3.05, 3.63) is 152 Å². The number of rotatable bonds is 3. The van der Waals surface area contributed by atoms with Gasteiger partial charge in [-0.1, -0.05) is 109 Å². The topological polar surface area (TPSA) is 16.4 Å². The summed E-state index contributed by atoms with van der Waals surface area (Å²) in [7, 11) is 0. The monoisotopic (exact) mass is 535 g/mol. The van der Waals surface area contributed by atoms with Crippen LogP contribution in [0.4, 0.5) is 17.1 Å². The fourth-order valence-corrected chi connectivity index (χ4v) is 6.71. The number of anilines is 3. The van der Waals surface area contributed by atoms with E-state index in [-0.39, 0.29) is 0 Å². The predicted molar refractivity (Wildman–Crippen MR) is 178 cm³/mol. The third-order valence-electron chi connectivity index (χ3n) is 8.60. The summed E-state index contributed by atoms with van der Waals surface area (Å²) in [6, 6.07) is 54.4. The van der Waals surface area contributed by atoms with E-state index in [2.05, 4.69) is 144 Å². The van der Waals surface area contributed by atoms with Crippen molar-refractivity contribution in [2.24, 2.45) is 0 Å². The van der Waals surface area contributed by atoms with E-state index in [0.29, 0.717) is 0 Å². The van der Waals surface area contributed by atoms with Gasteiger partial charge < -0.3 is 9.32 Å². The molecule has 1 heterocycles. The van der Waals surface area contributed by atoms with Gasteiger partial charge in [-0.3, -0.25) is 0 Å². The van der Waals surface area contributed by atoms with Gasteiger partial charge in [0.05, 0.1) is 5.69 Å². The van der Waals surface area contributed by atoms with Crippen LogP contribution in [-0.2, 0) is 0 Å². The van der Waals surface area contributed by atoms with Crippen molar-refractivity contribution in [3.63, 3.8) is 0 Å². The lowest BCUT2D eigenvalue weighted by Gasteiger charge is -2.28. The van der Waals surface area contributed by atoms with Gasteiger partial charge in [0.1, 0.15) is 11.2 Å². The number of nitrogens with zero attached hydrogens (tertiary/aromatic N) is 1. The van der Waals surface area contributed by atoms with Gasteiger partial charge in [-0.2, -0.15) is 0 Å². The first-order chi connectivity index (χ1) is 20.8. The number of hydrogen-bond donors (Lipinski definition) is 0. The lowest BCUT2D eigenvalue weighted by atomic mass is 9.92. The van der Waals surface area contributed by atoms with Gasteiger partial charge in [-0.25, -0.2) is 0 Å². The number of furan rings is 1. The highest BCUT2D eigenvalue weighted by atomic mass is 16.3. The predicted octanol–water partition coefficient (Wildman–Crippen LogP) is 11.7. The molecule has 0 saturated heterocycles. The van der Waals surface area contributed by atoms with Crippen molar-refractivity contribution in [2.45, 2.75) is 0 Å². The average molecular weight is 536 g/mol. The van der Waals surface area contributed by atoms with Gasteiger partial charge in [0.2, 0.25) is 0 Å². The molecule has 0 atom stereocenters. The Bertz CT molecular complexity index is 2470. The second kappa shape index (κ2) is 8.95. The molecule has 9 aromatic rings. The zero-order chi connectivity index (χ0) is 27.6. The highest BCUT2D eigenvalue weighted by molar-refractivity contribution is 6.27. The summed E-state index contributed by atoms with van der Waals surface area (Å²) in [4.78, 5) is 2.37. The molecular weight excluding hydrogens is 510 g/mol. The summed E-state index contributed by atoms with van der Waals surface area (Å²) >= 11 is 0. The Hall–Kier alpha value is -5.60. The van der Waals surface area contributed by atoms with E-state index in [1.807, 2.05) is 12.1 Å². The summed E-state index contributed by atoms with van der Waals surface area (Å²) in [6.07, 6.45) is 0. The molecule has 42 heavy (non-hydrogen) atoms. The van der Waals surface area contributed by atoms with E-state index in [1.165, 1.54) is 43.1 Å². The van der Waals surface area contributed by atoms with Crippen LogP contribution in [0, 0.1) is 0 Å². The molecule has 9 rings (SSSR count). The molecule has 0 radical (unpaired) electrons. The molecular formula is C40H25NO. The maximum Gasteiger partial charge on any atom is 0.137 e. The van der Waals surface area contributed by atoms with Crippen LogP contribution in [0.15, 0.2) is 156 Å². The Morgan fingerprint density at radius 1 is 0.357 bits per heavy atom. The average Bonchev–Trinajstić information content (AvgIpc) is 3.43. The van der Waals surface area contributed by atoms with E-state index in [4.69, 9.17) is 4.42 Å². The number of hydrogen-bond acceptors (Lipinski definition) is 2. The zero-order valence-corrected chi connectivity index (χ0v) is 22.8. The minimum absolute atomic E-state index is 0.886. The van der Waals surface area contributed by atoms with Crippen LogP contribution in [0.2, 0.25) is 0 Å². The zero-order valence-electron chi connectivity index (χ0n) is 22.8. The fourth-order valence-electron chi connectivity index (χ4n) is 6.71. The van der Waals surface area contributed by atoms with E-state index in [0.717, 1.165) is 39.0 Å². The first-order valence-electron chi connectivity index (χ1n) is 14.4. The summed E-state index contributed by atoms with van der Waals surface area (Å²) in [6.45, 7) is 0. The second-order valence-corrected chi connectivity index (χ2v) is 10.9. The normalized spacial score (nSPS) is 11.8. The first kappa shape index (κ1) is 23.1. The maximum atomic E-state index is 6.34.